The maximum absolute atomic E-state index is 11.0. The van der Waals surface area contributed by atoms with Gasteiger partial charge in [-0.25, -0.2) is 0 Å². The average Bonchev–Trinajstić information content (AvgIpc) is 2.64. The number of hydrogen-bond acceptors (Lipinski definition) is 3. The van der Waals surface area contributed by atoms with Crippen molar-refractivity contribution in [1.82, 2.24) is 0 Å². The van der Waals surface area contributed by atoms with Gasteiger partial charge in [0.1, 0.15) is 5.37 Å². The van der Waals surface area contributed by atoms with E-state index in [1.807, 2.05) is 12.1 Å². The molecule has 15 heavy (non-hydrogen) atoms. The molecule has 0 N–H and O–H groups in total. The molecule has 0 radical (unpaired) electrons. The fraction of sp³-hybridized carbons (Fsp3) is 0.364. The van der Waals surface area contributed by atoms with Gasteiger partial charge in [-0.3, -0.25) is 0 Å². The van der Waals surface area contributed by atoms with Gasteiger partial charge in [-0.15, -0.1) is 11.6 Å². The van der Waals surface area contributed by atoms with Crippen molar-refractivity contribution in [3.8, 4) is 0 Å². The molecule has 1 aliphatic heterocycles. The zero-order valence-electron chi connectivity index (χ0n) is 8.23. The number of rotatable bonds is 4. The van der Waals surface area contributed by atoms with Crippen molar-refractivity contribution in [2.24, 2.45) is 0 Å². The van der Waals surface area contributed by atoms with Crippen molar-refractivity contribution >= 4 is 35.3 Å². The zero-order chi connectivity index (χ0) is 10.7. The summed E-state index contributed by atoms with van der Waals surface area (Å²) in [6.07, 6.45) is 1.90. The molecule has 0 aromatic heterocycles. The molecule has 1 atom stereocenters. The Morgan fingerprint density at radius 1 is 1.47 bits per heavy atom. The predicted octanol–water partition coefficient (Wildman–Crippen LogP) is 2.75. The van der Waals surface area contributed by atoms with Crippen molar-refractivity contribution in [1.29, 1.82) is 0 Å². The number of fused-ring (bicyclic) bond motifs is 1. The number of thioether (sulfide) groups is 1. The summed E-state index contributed by atoms with van der Waals surface area (Å²) in [5.41, 5.74) is 1.16. The van der Waals surface area contributed by atoms with Crippen LogP contribution in [0.3, 0.4) is 0 Å². The van der Waals surface area contributed by atoms with Gasteiger partial charge in [0, 0.05) is 17.3 Å². The van der Waals surface area contributed by atoms with Crippen LogP contribution in [0.25, 0.3) is 0 Å². The first-order valence-corrected chi connectivity index (χ1v) is 6.32. The van der Waals surface area contributed by atoms with E-state index in [2.05, 4.69) is 17.0 Å². The molecule has 2 nitrogen and oxygen atoms in total. The molecule has 1 aliphatic rings. The molecule has 0 bridgehead atoms. The van der Waals surface area contributed by atoms with E-state index in [1.165, 1.54) is 4.90 Å². The summed E-state index contributed by atoms with van der Waals surface area (Å²) in [6, 6.07) is 8.11. The molecule has 80 valence electrons. The lowest BCUT2D eigenvalue weighted by Gasteiger charge is -2.22. The summed E-state index contributed by atoms with van der Waals surface area (Å²) in [6.45, 7) is 0.844. The molecule has 0 amide bonds. The minimum atomic E-state index is -0.0781. The number of anilines is 1. The molecule has 1 aromatic carbocycles. The van der Waals surface area contributed by atoms with Crippen LogP contribution in [0.1, 0.15) is 6.42 Å². The molecular formula is C11H12ClNOS. The van der Waals surface area contributed by atoms with Crippen LogP contribution >= 0.6 is 23.4 Å². The fourth-order valence-electron chi connectivity index (χ4n) is 1.70. The molecule has 1 aromatic rings. The Bertz CT molecular complexity index is 358. The fourth-order valence-corrected chi connectivity index (χ4v) is 2.95. The Morgan fingerprint density at radius 2 is 2.27 bits per heavy atom. The van der Waals surface area contributed by atoms with Gasteiger partial charge in [-0.1, -0.05) is 23.9 Å². The van der Waals surface area contributed by atoms with Gasteiger partial charge in [0.15, 0.2) is 6.29 Å². The van der Waals surface area contributed by atoms with E-state index < -0.39 is 0 Å². The molecule has 2 rings (SSSR count). The van der Waals surface area contributed by atoms with E-state index in [-0.39, 0.29) is 5.37 Å². The van der Waals surface area contributed by atoms with E-state index in [4.69, 9.17) is 11.6 Å². The normalized spacial score (nSPS) is 19.0. The van der Waals surface area contributed by atoms with Gasteiger partial charge in [0.2, 0.25) is 0 Å². The summed E-state index contributed by atoms with van der Waals surface area (Å²) in [5, 5.41) is -0.0781. The van der Waals surface area contributed by atoms with Crippen LogP contribution in [0.5, 0.6) is 0 Å². The Balaban J connectivity index is 2.21. The van der Waals surface area contributed by atoms with Gasteiger partial charge < -0.3 is 9.69 Å². The first-order valence-electron chi connectivity index (χ1n) is 4.90. The van der Waals surface area contributed by atoms with Crippen LogP contribution in [0.2, 0.25) is 0 Å². The van der Waals surface area contributed by atoms with Gasteiger partial charge in [0.05, 0.1) is 5.69 Å². The number of carbonyl (C=O) groups excluding carboxylic acids is 1. The molecule has 0 spiro atoms. The Labute approximate surface area is 98.6 Å². The number of carbonyl (C=O) groups is 1. The van der Waals surface area contributed by atoms with E-state index in [1.54, 1.807) is 11.8 Å². The van der Waals surface area contributed by atoms with Crippen molar-refractivity contribution in [2.75, 3.05) is 17.3 Å². The SMILES string of the molecule is O=CC1Sc2ccccc2N1CCCCl. The van der Waals surface area contributed by atoms with E-state index in [9.17, 15) is 4.79 Å². The van der Waals surface area contributed by atoms with Crippen molar-refractivity contribution in [2.45, 2.75) is 16.7 Å². The van der Waals surface area contributed by atoms with Crippen LogP contribution in [0.4, 0.5) is 5.69 Å². The molecule has 0 saturated heterocycles. The van der Waals surface area contributed by atoms with E-state index >= 15 is 0 Å². The van der Waals surface area contributed by atoms with Crippen molar-refractivity contribution in [3.63, 3.8) is 0 Å². The highest BCUT2D eigenvalue weighted by molar-refractivity contribution is 8.01. The monoisotopic (exact) mass is 241 g/mol. The Kier molecular flexibility index (Phi) is 3.54. The highest BCUT2D eigenvalue weighted by atomic mass is 35.5. The Morgan fingerprint density at radius 3 is 3.00 bits per heavy atom. The van der Waals surface area contributed by atoms with Gasteiger partial charge in [0.25, 0.3) is 0 Å². The summed E-state index contributed by atoms with van der Waals surface area (Å²) < 4.78 is 0. The molecular weight excluding hydrogens is 230 g/mol. The molecule has 1 unspecified atom stereocenters. The van der Waals surface area contributed by atoms with Gasteiger partial charge in [-0.05, 0) is 18.6 Å². The topological polar surface area (TPSA) is 20.3 Å². The van der Waals surface area contributed by atoms with Crippen molar-refractivity contribution in [3.05, 3.63) is 24.3 Å². The predicted molar refractivity (Wildman–Crippen MR) is 64.8 cm³/mol. The van der Waals surface area contributed by atoms with Gasteiger partial charge >= 0.3 is 0 Å². The van der Waals surface area contributed by atoms with Crippen LogP contribution < -0.4 is 4.90 Å². The molecule has 0 saturated carbocycles. The third-order valence-corrected chi connectivity index (χ3v) is 3.85. The number of benzene rings is 1. The first kappa shape index (κ1) is 10.8. The van der Waals surface area contributed by atoms with Crippen LogP contribution in [-0.2, 0) is 4.79 Å². The minimum absolute atomic E-state index is 0.0781. The minimum Gasteiger partial charge on any atom is -0.352 e. The number of halogens is 1. The summed E-state index contributed by atoms with van der Waals surface area (Å²) in [7, 11) is 0. The second-order valence-corrected chi connectivity index (χ2v) is 4.88. The molecule has 1 heterocycles. The second-order valence-electron chi connectivity index (χ2n) is 3.35. The van der Waals surface area contributed by atoms with Crippen LogP contribution in [0.15, 0.2) is 29.2 Å². The maximum atomic E-state index is 11.0. The number of para-hydroxylation sites is 1. The van der Waals surface area contributed by atoms with Crippen LogP contribution in [0, 0.1) is 0 Å². The molecule has 0 fully saturated rings. The lowest BCUT2D eigenvalue weighted by atomic mass is 10.2. The Hall–Kier alpha value is -0.670. The van der Waals surface area contributed by atoms with E-state index in [0.29, 0.717) is 5.88 Å². The smallest absolute Gasteiger partial charge is 0.153 e. The van der Waals surface area contributed by atoms with Gasteiger partial charge in [-0.2, -0.15) is 0 Å². The number of nitrogens with zero attached hydrogens (tertiary/aromatic N) is 1. The summed E-state index contributed by atoms with van der Waals surface area (Å²) >= 11 is 7.29. The zero-order valence-corrected chi connectivity index (χ0v) is 9.80. The summed E-state index contributed by atoms with van der Waals surface area (Å²) in [5.74, 6) is 0.634. The highest BCUT2D eigenvalue weighted by Gasteiger charge is 2.28. The lowest BCUT2D eigenvalue weighted by molar-refractivity contribution is -0.107. The second kappa shape index (κ2) is 4.90. The first-order chi connectivity index (χ1) is 7.36. The quantitative estimate of drug-likeness (QED) is 0.597. The third-order valence-electron chi connectivity index (χ3n) is 2.38. The molecule has 4 heteroatoms. The van der Waals surface area contributed by atoms with Crippen molar-refractivity contribution < 1.29 is 4.79 Å². The highest BCUT2D eigenvalue weighted by Crippen LogP contribution is 2.42. The maximum Gasteiger partial charge on any atom is 0.153 e. The number of alkyl halides is 1. The third kappa shape index (κ3) is 2.13. The summed E-state index contributed by atoms with van der Waals surface area (Å²) in [4.78, 5) is 14.3. The average molecular weight is 242 g/mol. The standard InChI is InChI=1S/C11H12ClNOS/c12-6-3-7-13-9-4-1-2-5-10(9)15-11(13)8-14/h1-2,4-5,8,11H,3,6-7H2. The molecule has 0 aliphatic carbocycles. The van der Waals surface area contributed by atoms with Crippen LogP contribution in [-0.4, -0.2) is 24.1 Å². The lowest BCUT2D eigenvalue weighted by Crippen LogP contribution is -2.31. The number of aldehydes is 1. The number of hydrogen-bond donors (Lipinski definition) is 0. The largest absolute Gasteiger partial charge is 0.352 e. The van der Waals surface area contributed by atoms with E-state index in [0.717, 1.165) is 24.9 Å².